The summed E-state index contributed by atoms with van der Waals surface area (Å²) in [6, 6.07) is 7.58. The number of anilines is 1. The monoisotopic (exact) mass is 563 g/mol. The molecule has 2 amide bonds. The molecule has 0 saturated heterocycles. The number of nitrogens with one attached hydrogen (secondary N) is 1. The maximum atomic E-state index is 13.5. The average Bonchev–Trinajstić information content (AvgIpc) is 2.79. The molecule has 0 aliphatic heterocycles. The molecule has 2 aromatic carbocycles. The van der Waals surface area contributed by atoms with Crippen LogP contribution < -0.4 is 14.4 Å². The number of carbonyl (C=O) groups is 2. The maximum absolute atomic E-state index is 13.5. The van der Waals surface area contributed by atoms with Gasteiger partial charge in [0.15, 0.2) is 0 Å². The van der Waals surface area contributed by atoms with Crippen LogP contribution in [-0.4, -0.2) is 57.1 Å². The summed E-state index contributed by atoms with van der Waals surface area (Å²) in [6.07, 6.45) is -4.02. The van der Waals surface area contributed by atoms with E-state index >= 15 is 0 Å². The summed E-state index contributed by atoms with van der Waals surface area (Å²) in [5, 5.41) is 2.41. The first kappa shape index (κ1) is 30.2. The second-order valence-electron chi connectivity index (χ2n) is 8.64. The molecule has 0 radical (unpaired) electrons. The van der Waals surface area contributed by atoms with E-state index in [0.717, 1.165) is 17.2 Å². The largest absolute Gasteiger partial charge is 0.497 e. The van der Waals surface area contributed by atoms with Crippen LogP contribution in [0, 0.1) is 0 Å². The summed E-state index contributed by atoms with van der Waals surface area (Å²) in [7, 11) is -2.77. The number of carbonyl (C=O) groups excluding carboxylic acids is 2. The Morgan fingerprint density at radius 1 is 1.08 bits per heavy atom. The van der Waals surface area contributed by atoms with Crippen molar-refractivity contribution in [2.75, 3.05) is 24.2 Å². The number of amides is 2. The molecule has 1 N–H and O–H groups in total. The molecule has 2 aromatic rings. The van der Waals surface area contributed by atoms with Crippen LogP contribution in [0.4, 0.5) is 18.9 Å². The molecular formula is C24H29ClF3N3O5S. The van der Waals surface area contributed by atoms with Crippen molar-refractivity contribution >= 4 is 39.1 Å². The van der Waals surface area contributed by atoms with Crippen molar-refractivity contribution in [3.05, 3.63) is 58.6 Å². The van der Waals surface area contributed by atoms with Gasteiger partial charge in [-0.15, -0.1) is 0 Å². The molecule has 13 heteroatoms. The zero-order valence-electron chi connectivity index (χ0n) is 21.0. The molecule has 0 spiro atoms. The van der Waals surface area contributed by atoms with Gasteiger partial charge in [-0.1, -0.05) is 23.7 Å². The second kappa shape index (κ2) is 12.0. The molecule has 2 rings (SSSR count). The normalized spacial score (nSPS) is 12.7. The Morgan fingerprint density at radius 2 is 1.68 bits per heavy atom. The number of hydrogen-bond donors (Lipinski definition) is 1. The number of rotatable bonds is 10. The van der Waals surface area contributed by atoms with Gasteiger partial charge in [-0.2, -0.15) is 13.2 Å². The number of methoxy groups -OCH3 is 1. The van der Waals surface area contributed by atoms with Crippen LogP contribution in [0.3, 0.4) is 0 Å². The fourth-order valence-corrected chi connectivity index (χ4v) is 4.51. The quantitative estimate of drug-likeness (QED) is 0.470. The van der Waals surface area contributed by atoms with E-state index in [0.29, 0.717) is 27.8 Å². The van der Waals surface area contributed by atoms with Crippen LogP contribution >= 0.6 is 11.6 Å². The number of hydrogen-bond acceptors (Lipinski definition) is 5. The van der Waals surface area contributed by atoms with Crippen molar-refractivity contribution in [1.29, 1.82) is 0 Å². The maximum Gasteiger partial charge on any atom is 0.416 e. The first-order valence-corrected chi connectivity index (χ1v) is 13.3. The summed E-state index contributed by atoms with van der Waals surface area (Å²) in [5.41, 5.74) is -1.02. The van der Waals surface area contributed by atoms with Gasteiger partial charge in [0.05, 0.1) is 29.6 Å². The average molecular weight is 564 g/mol. The Kier molecular flexibility index (Phi) is 9.84. The first-order chi connectivity index (χ1) is 17.0. The third-order valence-electron chi connectivity index (χ3n) is 5.33. The highest BCUT2D eigenvalue weighted by molar-refractivity contribution is 7.92. The van der Waals surface area contributed by atoms with E-state index in [4.69, 9.17) is 16.3 Å². The Balaban J connectivity index is 2.49. The van der Waals surface area contributed by atoms with Gasteiger partial charge >= 0.3 is 6.18 Å². The second-order valence-corrected chi connectivity index (χ2v) is 11.0. The van der Waals surface area contributed by atoms with Crippen LogP contribution in [0.15, 0.2) is 42.5 Å². The highest BCUT2D eigenvalue weighted by Crippen LogP contribution is 2.36. The Morgan fingerprint density at radius 3 is 2.16 bits per heavy atom. The number of alkyl halides is 3. The van der Waals surface area contributed by atoms with Crippen molar-refractivity contribution in [3.63, 3.8) is 0 Å². The molecule has 0 aliphatic carbocycles. The highest BCUT2D eigenvalue weighted by Gasteiger charge is 2.34. The summed E-state index contributed by atoms with van der Waals surface area (Å²) >= 11 is 6.06. The summed E-state index contributed by atoms with van der Waals surface area (Å²) < 4.78 is 70.7. The molecule has 1 atom stereocenters. The number of nitrogens with zero attached hydrogens (tertiary/aromatic N) is 2. The number of ether oxygens (including phenoxy) is 1. The third-order valence-corrected chi connectivity index (χ3v) is 6.78. The van der Waals surface area contributed by atoms with E-state index in [1.54, 1.807) is 38.1 Å². The summed E-state index contributed by atoms with van der Waals surface area (Å²) in [5.74, 6) is -0.740. The predicted octanol–water partition coefficient (Wildman–Crippen LogP) is 4.08. The highest BCUT2D eigenvalue weighted by atomic mass is 35.5. The molecule has 0 heterocycles. The van der Waals surface area contributed by atoms with Gasteiger partial charge in [-0.05, 0) is 56.7 Å². The SMILES string of the molecule is COc1ccc(CN(C(=O)CN(c2cc(C(F)(F)F)ccc2Cl)S(C)(=O)=O)[C@H](C)C(=O)NC(C)C)cc1. The van der Waals surface area contributed by atoms with Crippen molar-refractivity contribution in [2.45, 2.75) is 45.6 Å². The topological polar surface area (TPSA) is 96.0 Å². The van der Waals surface area contributed by atoms with Gasteiger partial charge in [0.25, 0.3) is 0 Å². The minimum Gasteiger partial charge on any atom is -0.497 e. The molecule has 204 valence electrons. The lowest BCUT2D eigenvalue weighted by atomic mass is 10.1. The van der Waals surface area contributed by atoms with E-state index < -0.39 is 51.9 Å². The van der Waals surface area contributed by atoms with Crippen LogP contribution in [-0.2, 0) is 32.3 Å². The van der Waals surface area contributed by atoms with Gasteiger partial charge in [-0.25, -0.2) is 8.42 Å². The van der Waals surface area contributed by atoms with Crippen LogP contribution in [0.25, 0.3) is 0 Å². The van der Waals surface area contributed by atoms with Crippen molar-refractivity contribution < 1.29 is 35.9 Å². The Bertz CT molecular complexity index is 1220. The van der Waals surface area contributed by atoms with E-state index in [1.807, 2.05) is 0 Å². The predicted molar refractivity (Wildman–Crippen MR) is 135 cm³/mol. The summed E-state index contributed by atoms with van der Waals surface area (Å²) in [6.45, 7) is 3.99. The molecule has 0 saturated carbocycles. The molecule has 0 aliphatic rings. The van der Waals surface area contributed by atoms with Gasteiger partial charge in [0.2, 0.25) is 21.8 Å². The number of sulfonamides is 1. The molecule has 8 nitrogen and oxygen atoms in total. The zero-order chi connectivity index (χ0) is 28.1. The smallest absolute Gasteiger partial charge is 0.416 e. The molecule has 0 bridgehead atoms. The lowest BCUT2D eigenvalue weighted by Gasteiger charge is -2.32. The fourth-order valence-electron chi connectivity index (χ4n) is 3.39. The van der Waals surface area contributed by atoms with E-state index in [-0.39, 0.29) is 17.6 Å². The minimum absolute atomic E-state index is 0.0799. The minimum atomic E-state index is -4.77. The first-order valence-electron chi connectivity index (χ1n) is 11.1. The van der Waals surface area contributed by atoms with E-state index in [9.17, 15) is 31.2 Å². The molecule has 0 unspecified atom stereocenters. The molecular weight excluding hydrogens is 535 g/mol. The van der Waals surface area contributed by atoms with Gasteiger partial charge in [0, 0.05) is 12.6 Å². The summed E-state index contributed by atoms with van der Waals surface area (Å²) in [4.78, 5) is 27.4. The van der Waals surface area contributed by atoms with Gasteiger partial charge in [0.1, 0.15) is 18.3 Å². The number of benzene rings is 2. The fraction of sp³-hybridized carbons (Fsp3) is 0.417. The molecule has 0 aromatic heterocycles. The van der Waals surface area contributed by atoms with E-state index in [1.165, 1.54) is 14.0 Å². The van der Waals surface area contributed by atoms with Crippen LogP contribution in [0.1, 0.15) is 31.9 Å². The number of halogens is 4. The van der Waals surface area contributed by atoms with Gasteiger partial charge in [-0.3, -0.25) is 13.9 Å². The third kappa shape index (κ3) is 8.26. The lowest BCUT2D eigenvalue weighted by Crippen LogP contribution is -2.52. The van der Waals surface area contributed by atoms with Crippen molar-refractivity contribution in [2.24, 2.45) is 0 Å². The van der Waals surface area contributed by atoms with Crippen LogP contribution in [0.5, 0.6) is 5.75 Å². The molecule has 0 fully saturated rings. The Labute approximate surface area is 219 Å². The molecule has 37 heavy (non-hydrogen) atoms. The zero-order valence-corrected chi connectivity index (χ0v) is 22.5. The Hall–Kier alpha value is -2.99. The lowest BCUT2D eigenvalue weighted by molar-refractivity contribution is -0.139. The van der Waals surface area contributed by atoms with E-state index in [2.05, 4.69) is 5.32 Å². The van der Waals surface area contributed by atoms with Crippen molar-refractivity contribution in [1.82, 2.24) is 10.2 Å². The standard InChI is InChI=1S/C24H29ClF3N3O5S/c1-15(2)29-23(33)16(3)30(13-17-6-9-19(36-4)10-7-17)22(32)14-31(37(5,34)35)21-12-18(24(26,27)28)8-11-20(21)25/h6-12,15-16H,13-14H2,1-5H3,(H,29,33)/t16-/m1/s1. The van der Waals surface area contributed by atoms with Gasteiger partial charge < -0.3 is 15.0 Å². The van der Waals surface area contributed by atoms with Crippen LogP contribution in [0.2, 0.25) is 5.02 Å². The van der Waals surface area contributed by atoms with Crippen molar-refractivity contribution in [3.8, 4) is 5.75 Å².